The number of H-pyrrole nitrogens is 1. The number of hydrogen-bond donors (Lipinski definition) is 2. The van der Waals surface area contributed by atoms with Crippen LogP contribution in [0.1, 0.15) is 12.8 Å². The Morgan fingerprint density at radius 3 is 2.77 bits per heavy atom. The van der Waals surface area contributed by atoms with Crippen LogP contribution in [0.25, 0.3) is 0 Å². The Balaban J connectivity index is 1.64. The van der Waals surface area contributed by atoms with Crippen molar-refractivity contribution >= 4 is 23.3 Å². The summed E-state index contributed by atoms with van der Waals surface area (Å²) in [4.78, 5) is 30.5. The van der Waals surface area contributed by atoms with Gasteiger partial charge in [-0.25, -0.2) is 30.0 Å². The summed E-state index contributed by atoms with van der Waals surface area (Å²) in [7, 11) is 0. The topological polar surface area (TPSA) is 102 Å². The van der Waals surface area contributed by atoms with Gasteiger partial charge in [-0.05, 0) is 35.4 Å². The average molecular weight is 344 g/mol. The monoisotopic (exact) mass is 344 g/mol. The highest BCUT2D eigenvalue weighted by Crippen LogP contribution is 2.23. The number of aromatic amines is 1. The maximum absolute atomic E-state index is 4.62. The highest BCUT2D eigenvalue weighted by molar-refractivity contribution is 6.15. The summed E-state index contributed by atoms with van der Waals surface area (Å²) in [5, 5.41) is 3.24. The average Bonchev–Trinajstić information content (AvgIpc) is 3.34. The molecule has 4 aliphatic rings. The van der Waals surface area contributed by atoms with E-state index in [-0.39, 0.29) is 12.3 Å². The van der Waals surface area contributed by atoms with Gasteiger partial charge < -0.3 is 10.3 Å². The summed E-state index contributed by atoms with van der Waals surface area (Å²) in [6, 6.07) is 3.74. The Morgan fingerprint density at radius 1 is 0.962 bits per heavy atom. The van der Waals surface area contributed by atoms with Crippen molar-refractivity contribution in [2.24, 2.45) is 30.0 Å². The largest absolute Gasteiger partial charge is 0.329 e. The number of rotatable bonds is 0. The van der Waals surface area contributed by atoms with Crippen molar-refractivity contribution in [1.29, 1.82) is 0 Å². The molecule has 8 heteroatoms. The van der Waals surface area contributed by atoms with E-state index in [0.29, 0.717) is 35.5 Å². The molecular formula is C18H16N8. The molecule has 0 saturated carbocycles. The van der Waals surface area contributed by atoms with Gasteiger partial charge in [0.05, 0.1) is 0 Å². The first kappa shape index (κ1) is 14.9. The Morgan fingerprint density at radius 2 is 1.85 bits per heavy atom. The van der Waals surface area contributed by atoms with Crippen LogP contribution in [0.5, 0.6) is 0 Å². The first-order chi connectivity index (χ1) is 12.6. The third-order valence-electron chi connectivity index (χ3n) is 4.35. The molecule has 5 heterocycles. The number of nitrogens with zero attached hydrogens (tertiary/aromatic N) is 6. The first-order valence-corrected chi connectivity index (χ1v) is 8.35. The summed E-state index contributed by atoms with van der Waals surface area (Å²) in [5.41, 5.74) is 3.16. The molecule has 1 aromatic heterocycles. The van der Waals surface area contributed by atoms with Gasteiger partial charge in [-0.1, -0.05) is 13.2 Å². The van der Waals surface area contributed by atoms with E-state index in [2.05, 4.69) is 53.4 Å². The second-order valence-electron chi connectivity index (χ2n) is 6.43. The van der Waals surface area contributed by atoms with Crippen molar-refractivity contribution in [3.8, 4) is 0 Å². The highest BCUT2D eigenvalue weighted by Gasteiger charge is 2.25. The Bertz CT molecular complexity index is 1110. The first-order valence-electron chi connectivity index (χ1n) is 8.35. The lowest BCUT2D eigenvalue weighted by molar-refractivity contribution is 0.839. The number of amidine groups is 4. The van der Waals surface area contributed by atoms with E-state index < -0.39 is 0 Å². The Hall–Kier alpha value is -3.42. The molecule has 128 valence electrons. The molecule has 2 N–H and O–H groups in total. The second kappa shape index (κ2) is 5.55. The van der Waals surface area contributed by atoms with Crippen LogP contribution >= 0.6 is 0 Å². The van der Waals surface area contributed by atoms with Crippen molar-refractivity contribution in [1.82, 2.24) is 10.3 Å². The van der Waals surface area contributed by atoms with Crippen LogP contribution in [-0.2, 0) is 0 Å². The summed E-state index contributed by atoms with van der Waals surface area (Å²) in [6.07, 6.45) is 4.39. The van der Waals surface area contributed by atoms with Crippen molar-refractivity contribution in [3.63, 3.8) is 0 Å². The number of fused-ring (bicyclic) bond motifs is 5. The Labute approximate surface area is 149 Å². The van der Waals surface area contributed by atoms with Gasteiger partial charge in [0.15, 0.2) is 18.2 Å². The molecule has 0 radical (unpaired) electrons. The van der Waals surface area contributed by atoms with Crippen LogP contribution in [-0.4, -0.2) is 40.7 Å². The molecule has 5 rings (SSSR count). The zero-order chi connectivity index (χ0) is 17.7. The van der Waals surface area contributed by atoms with Gasteiger partial charge in [-0.2, -0.15) is 0 Å². The summed E-state index contributed by atoms with van der Waals surface area (Å²) in [6.45, 7) is 8.15. The van der Waals surface area contributed by atoms with E-state index in [1.54, 1.807) is 0 Å². The van der Waals surface area contributed by atoms with Gasteiger partial charge in [0.2, 0.25) is 0 Å². The molecular weight excluding hydrogens is 328 g/mol. The minimum Gasteiger partial charge on any atom is -0.329 e. The molecule has 1 aromatic rings. The minimum atomic E-state index is -0.358. The molecule has 8 bridgehead atoms. The van der Waals surface area contributed by atoms with Gasteiger partial charge in [0.1, 0.15) is 28.5 Å². The van der Waals surface area contributed by atoms with Gasteiger partial charge in [0, 0.05) is 12.8 Å². The van der Waals surface area contributed by atoms with E-state index in [1.807, 2.05) is 24.3 Å². The summed E-state index contributed by atoms with van der Waals surface area (Å²) in [5.74, 6) is 2.77. The second-order valence-corrected chi connectivity index (χ2v) is 6.43. The predicted octanol–water partition coefficient (Wildman–Crippen LogP) is 0.593. The lowest BCUT2D eigenvalue weighted by atomic mass is 10.2. The zero-order valence-electron chi connectivity index (χ0n) is 14.0. The molecule has 0 aromatic carbocycles. The third-order valence-corrected chi connectivity index (χ3v) is 4.35. The minimum absolute atomic E-state index is 0.272. The van der Waals surface area contributed by atoms with Crippen LogP contribution in [0.3, 0.4) is 0 Å². The normalized spacial score (nSPS) is 29.8. The fourth-order valence-electron chi connectivity index (χ4n) is 3.09. The highest BCUT2D eigenvalue weighted by atomic mass is 15.2. The van der Waals surface area contributed by atoms with E-state index >= 15 is 0 Å². The molecule has 2 unspecified atom stereocenters. The van der Waals surface area contributed by atoms with Crippen molar-refractivity contribution < 1.29 is 0 Å². The van der Waals surface area contributed by atoms with Gasteiger partial charge in [0.25, 0.3) is 0 Å². The van der Waals surface area contributed by atoms with Crippen molar-refractivity contribution in [3.05, 3.63) is 59.6 Å². The fraction of sp³-hybridized carbons (Fsp3) is 0.222. The van der Waals surface area contributed by atoms with Crippen LogP contribution in [0, 0.1) is 0 Å². The zero-order valence-corrected chi connectivity index (χ0v) is 14.0. The number of aliphatic imine (C=N–C) groups is 4. The van der Waals surface area contributed by atoms with Crippen LogP contribution in [0.15, 0.2) is 78.5 Å². The maximum Gasteiger partial charge on any atom is 0.165 e. The fourth-order valence-corrected chi connectivity index (χ4v) is 3.09. The number of hydrogen-bond acceptors (Lipinski definition) is 7. The standard InChI is InChI=1S/C18H16N8/c1-9-7-15-22-13-5-3-11(20-13)19-12-4-6-14(21-12)23-16-8-10(2)18(25-16)26-17(9)24-15/h3-6,11,17H,1-2,7-8H2,(H,20,22,24)(H,19,21,23,25,26). The lowest BCUT2D eigenvalue weighted by Crippen LogP contribution is -2.27. The van der Waals surface area contributed by atoms with Crippen molar-refractivity contribution in [2.45, 2.75) is 25.2 Å². The van der Waals surface area contributed by atoms with Crippen molar-refractivity contribution in [2.75, 3.05) is 0 Å². The maximum atomic E-state index is 4.62. The molecule has 0 aliphatic carbocycles. The molecule has 8 nitrogen and oxygen atoms in total. The van der Waals surface area contributed by atoms with E-state index in [0.717, 1.165) is 22.8 Å². The lowest BCUT2D eigenvalue weighted by Gasteiger charge is -2.03. The molecule has 0 saturated heterocycles. The van der Waals surface area contributed by atoms with Gasteiger partial charge >= 0.3 is 0 Å². The van der Waals surface area contributed by atoms with Crippen LogP contribution in [0.4, 0.5) is 0 Å². The molecule has 2 atom stereocenters. The molecule has 0 spiro atoms. The SMILES string of the molecule is C=C1CC2=N/C1=N\C1N=C(CC1=C)NC1=NC(C=C1)/N=c1/ccc([nH]1)=N2. The number of aromatic nitrogens is 1. The molecule has 0 amide bonds. The molecule has 4 aliphatic heterocycles. The third kappa shape index (κ3) is 2.65. The van der Waals surface area contributed by atoms with Gasteiger partial charge in [-0.15, -0.1) is 0 Å². The smallest absolute Gasteiger partial charge is 0.165 e. The molecule has 0 fully saturated rings. The summed E-state index contributed by atoms with van der Waals surface area (Å²) >= 11 is 0. The van der Waals surface area contributed by atoms with Crippen LogP contribution < -0.4 is 16.3 Å². The van der Waals surface area contributed by atoms with E-state index in [4.69, 9.17) is 0 Å². The Kier molecular flexibility index (Phi) is 3.18. The number of nitrogens with one attached hydrogen (secondary N) is 2. The van der Waals surface area contributed by atoms with Crippen LogP contribution in [0.2, 0.25) is 0 Å². The van der Waals surface area contributed by atoms with E-state index in [1.165, 1.54) is 0 Å². The quantitative estimate of drug-likeness (QED) is 0.661. The molecule has 26 heavy (non-hydrogen) atoms. The summed E-state index contributed by atoms with van der Waals surface area (Å²) < 4.78 is 0. The predicted molar refractivity (Wildman–Crippen MR) is 100 cm³/mol. The van der Waals surface area contributed by atoms with Gasteiger partial charge in [-0.3, -0.25) is 0 Å². The van der Waals surface area contributed by atoms with E-state index in [9.17, 15) is 0 Å².